The van der Waals surface area contributed by atoms with E-state index in [-0.39, 0.29) is 5.56 Å². The summed E-state index contributed by atoms with van der Waals surface area (Å²) in [5.74, 6) is 1.56. The van der Waals surface area contributed by atoms with Gasteiger partial charge in [0.1, 0.15) is 4.83 Å². The number of fused-ring (bicyclic) bond motifs is 3. The molecule has 1 aliphatic rings. The van der Waals surface area contributed by atoms with Gasteiger partial charge in [-0.25, -0.2) is 4.98 Å². The second-order valence-corrected chi connectivity index (χ2v) is 8.99. The van der Waals surface area contributed by atoms with Gasteiger partial charge >= 0.3 is 0 Å². The van der Waals surface area contributed by atoms with Crippen molar-refractivity contribution in [2.75, 3.05) is 0 Å². The number of aromatic nitrogens is 4. The van der Waals surface area contributed by atoms with E-state index in [0.717, 1.165) is 35.0 Å². The first-order chi connectivity index (χ1) is 13.6. The van der Waals surface area contributed by atoms with Crippen LogP contribution in [0, 0.1) is 6.92 Å². The third-order valence-corrected chi connectivity index (χ3v) is 7.21. The molecule has 0 amide bonds. The molecule has 0 unspecified atom stereocenters. The number of hydrogen-bond acceptors (Lipinski definition) is 7. The molecule has 0 saturated carbocycles. The Morgan fingerprint density at radius 1 is 1.21 bits per heavy atom. The molecule has 4 aromatic rings. The molecule has 6 nitrogen and oxygen atoms in total. The van der Waals surface area contributed by atoms with Gasteiger partial charge in [0.25, 0.3) is 5.56 Å². The van der Waals surface area contributed by atoms with Crippen LogP contribution in [-0.2, 0) is 25.6 Å². The molecule has 1 aromatic carbocycles. The standard InChI is InChI=1S/C20H18N4O2S2/c1-11-6-8-12(9-7-11)17-21-15(26-23-17)10-27-20-22-18-16(19(25)24(20)2)13-4-3-5-14(13)28-18/h6-9H,3-5,10H2,1-2H3. The predicted octanol–water partition coefficient (Wildman–Crippen LogP) is 4.13. The Hall–Kier alpha value is -2.45. The van der Waals surface area contributed by atoms with Crippen LogP contribution < -0.4 is 5.56 Å². The third kappa shape index (κ3) is 2.97. The summed E-state index contributed by atoms with van der Waals surface area (Å²) in [5, 5.41) is 5.55. The van der Waals surface area contributed by atoms with E-state index in [1.54, 1.807) is 23.0 Å². The lowest BCUT2D eigenvalue weighted by atomic mass is 10.1. The average Bonchev–Trinajstić information content (AvgIpc) is 3.40. The van der Waals surface area contributed by atoms with Crippen molar-refractivity contribution in [2.45, 2.75) is 37.1 Å². The highest BCUT2D eigenvalue weighted by molar-refractivity contribution is 7.98. The molecule has 28 heavy (non-hydrogen) atoms. The van der Waals surface area contributed by atoms with Crippen LogP contribution in [0.1, 0.15) is 28.3 Å². The van der Waals surface area contributed by atoms with Crippen molar-refractivity contribution in [2.24, 2.45) is 7.05 Å². The van der Waals surface area contributed by atoms with E-state index in [1.807, 2.05) is 31.2 Å². The van der Waals surface area contributed by atoms with E-state index in [1.165, 1.54) is 27.8 Å². The molecule has 0 N–H and O–H groups in total. The maximum atomic E-state index is 12.9. The topological polar surface area (TPSA) is 73.8 Å². The lowest BCUT2D eigenvalue weighted by Crippen LogP contribution is -2.20. The lowest BCUT2D eigenvalue weighted by molar-refractivity contribution is 0.391. The van der Waals surface area contributed by atoms with E-state index < -0.39 is 0 Å². The van der Waals surface area contributed by atoms with Crippen molar-refractivity contribution in [3.63, 3.8) is 0 Å². The van der Waals surface area contributed by atoms with Gasteiger partial charge < -0.3 is 4.52 Å². The minimum Gasteiger partial charge on any atom is -0.338 e. The highest BCUT2D eigenvalue weighted by Gasteiger charge is 2.22. The van der Waals surface area contributed by atoms with Crippen molar-refractivity contribution < 1.29 is 4.52 Å². The molecule has 142 valence electrons. The summed E-state index contributed by atoms with van der Waals surface area (Å²) in [7, 11) is 1.78. The molecule has 0 atom stereocenters. The van der Waals surface area contributed by atoms with E-state index in [2.05, 4.69) is 10.1 Å². The molecule has 3 heterocycles. The Balaban J connectivity index is 1.40. The van der Waals surface area contributed by atoms with E-state index in [4.69, 9.17) is 9.51 Å². The van der Waals surface area contributed by atoms with Gasteiger partial charge in [-0.1, -0.05) is 46.7 Å². The molecule has 0 fully saturated rings. The quantitative estimate of drug-likeness (QED) is 0.372. The number of aryl methyl sites for hydroxylation is 3. The summed E-state index contributed by atoms with van der Waals surface area (Å²) in [4.78, 5) is 24.2. The largest absolute Gasteiger partial charge is 0.338 e. The molecule has 3 aromatic heterocycles. The molecular weight excluding hydrogens is 392 g/mol. The molecule has 0 aliphatic heterocycles. The minimum atomic E-state index is 0.0396. The zero-order chi connectivity index (χ0) is 19.3. The highest BCUT2D eigenvalue weighted by atomic mass is 32.2. The van der Waals surface area contributed by atoms with Gasteiger partial charge in [0.2, 0.25) is 11.7 Å². The van der Waals surface area contributed by atoms with Crippen LogP contribution in [0.3, 0.4) is 0 Å². The van der Waals surface area contributed by atoms with Crippen molar-refractivity contribution in [1.82, 2.24) is 19.7 Å². The molecule has 0 bridgehead atoms. The Morgan fingerprint density at radius 2 is 2.04 bits per heavy atom. The second-order valence-electron chi connectivity index (χ2n) is 6.96. The minimum absolute atomic E-state index is 0.0396. The van der Waals surface area contributed by atoms with Gasteiger partial charge in [-0.15, -0.1) is 11.3 Å². The van der Waals surface area contributed by atoms with Crippen molar-refractivity contribution in [3.05, 3.63) is 56.5 Å². The summed E-state index contributed by atoms with van der Waals surface area (Å²) in [6.07, 6.45) is 3.19. The Labute approximate surface area is 169 Å². The number of thioether (sulfide) groups is 1. The zero-order valence-electron chi connectivity index (χ0n) is 15.6. The molecule has 8 heteroatoms. The summed E-state index contributed by atoms with van der Waals surface area (Å²) in [5.41, 5.74) is 3.36. The normalized spacial score (nSPS) is 13.4. The number of rotatable bonds is 4. The van der Waals surface area contributed by atoms with Crippen molar-refractivity contribution in [1.29, 1.82) is 0 Å². The Morgan fingerprint density at radius 3 is 2.86 bits per heavy atom. The van der Waals surface area contributed by atoms with E-state index in [9.17, 15) is 4.79 Å². The second kappa shape index (κ2) is 6.86. The first-order valence-electron chi connectivity index (χ1n) is 9.14. The molecule has 5 rings (SSSR count). The molecule has 0 spiro atoms. The molecule has 0 radical (unpaired) electrons. The van der Waals surface area contributed by atoms with Gasteiger partial charge in [-0.2, -0.15) is 4.98 Å². The zero-order valence-corrected chi connectivity index (χ0v) is 17.2. The van der Waals surface area contributed by atoms with Crippen molar-refractivity contribution in [3.8, 4) is 11.4 Å². The highest BCUT2D eigenvalue weighted by Crippen LogP contribution is 2.35. The van der Waals surface area contributed by atoms with Crippen LogP contribution >= 0.6 is 23.1 Å². The number of benzene rings is 1. The average molecular weight is 411 g/mol. The first-order valence-corrected chi connectivity index (χ1v) is 10.9. The van der Waals surface area contributed by atoms with Gasteiger partial charge in [0, 0.05) is 17.5 Å². The lowest BCUT2D eigenvalue weighted by Gasteiger charge is -2.06. The maximum absolute atomic E-state index is 12.9. The van der Waals surface area contributed by atoms with Crippen LogP contribution in [0.15, 0.2) is 38.7 Å². The van der Waals surface area contributed by atoms with E-state index in [0.29, 0.717) is 22.6 Å². The summed E-state index contributed by atoms with van der Waals surface area (Å²) in [6, 6.07) is 8.00. The smallest absolute Gasteiger partial charge is 0.262 e. The molecule has 1 aliphatic carbocycles. The van der Waals surface area contributed by atoms with Crippen LogP contribution in [0.4, 0.5) is 0 Å². The van der Waals surface area contributed by atoms with Gasteiger partial charge in [-0.05, 0) is 31.7 Å². The summed E-state index contributed by atoms with van der Waals surface area (Å²) < 4.78 is 7.02. The fraction of sp³-hybridized carbons (Fsp3) is 0.300. The number of nitrogens with zero attached hydrogens (tertiary/aromatic N) is 4. The molecular formula is C20H18N4O2S2. The Bertz CT molecular complexity index is 1240. The van der Waals surface area contributed by atoms with Gasteiger partial charge in [0.15, 0.2) is 5.16 Å². The van der Waals surface area contributed by atoms with Crippen LogP contribution in [0.2, 0.25) is 0 Å². The summed E-state index contributed by atoms with van der Waals surface area (Å²) >= 11 is 3.10. The van der Waals surface area contributed by atoms with Gasteiger partial charge in [0.05, 0.1) is 11.1 Å². The van der Waals surface area contributed by atoms with E-state index >= 15 is 0 Å². The molecule has 0 saturated heterocycles. The number of thiophene rings is 1. The SMILES string of the molecule is Cc1ccc(-c2noc(CSc3nc4sc5c(c4c(=O)n3C)CCC5)n2)cc1. The Kier molecular flexibility index (Phi) is 4.32. The van der Waals surface area contributed by atoms with Crippen molar-refractivity contribution >= 4 is 33.3 Å². The van der Waals surface area contributed by atoms with Crippen LogP contribution in [0.5, 0.6) is 0 Å². The first kappa shape index (κ1) is 17.6. The van der Waals surface area contributed by atoms with Crippen LogP contribution in [-0.4, -0.2) is 19.7 Å². The monoisotopic (exact) mass is 410 g/mol. The fourth-order valence-electron chi connectivity index (χ4n) is 3.49. The predicted molar refractivity (Wildman–Crippen MR) is 111 cm³/mol. The fourth-order valence-corrected chi connectivity index (χ4v) is 5.61. The van der Waals surface area contributed by atoms with Gasteiger partial charge in [-0.3, -0.25) is 9.36 Å². The van der Waals surface area contributed by atoms with Crippen LogP contribution in [0.25, 0.3) is 21.6 Å². The maximum Gasteiger partial charge on any atom is 0.262 e. The summed E-state index contributed by atoms with van der Waals surface area (Å²) in [6.45, 7) is 2.04. The third-order valence-electron chi connectivity index (χ3n) is 5.01. The number of hydrogen-bond donors (Lipinski definition) is 0.